The summed E-state index contributed by atoms with van der Waals surface area (Å²) in [6.07, 6.45) is 2.55. The summed E-state index contributed by atoms with van der Waals surface area (Å²) in [5.74, 6) is 0.176. The SMILES string of the molecule is O=C(CSc1nc(-c2ccc(Cl)cc2)cs1)Nc1ncc(Cc2ccc(Cl)cc2)s1. The molecular formula is C21H15Cl2N3OS3. The van der Waals surface area contributed by atoms with E-state index < -0.39 is 0 Å². The Bertz CT molecular complexity index is 1140. The van der Waals surface area contributed by atoms with Crippen LogP contribution >= 0.6 is 57.6 Å². The molecule has 4 rings (SSSR count). The van der Waals surface area contributed by atoms with Crippen LogP contribution in [-0.2, 0) is 11.2 Å². The van der Waals surface area contributed by atoms with E-state index in [0.717, 1.165) is 32.5 Å². The number of anilines is 1. The molecule has 0 spiro atoms. The molecule has 30 heavy (non-hydrogen) atoms. The maximum absolute atomic E-state index is 12.3. The maximum Gasteiger partial charge on any atom is 0.236 e. The Morgan fingerprint density at radius 1 is 1.03 bits per heavy atom. The Hall–Kier alpha value is -1.90. The van der Waals surface area contributed by atoms with Crippen molar-refractivity contribution in [3.05, 3.63) is 80.6 Å². The van der Waals surface area contributed by atoms with Gasteiger partial charge in [0, 0.05) is 38.5 Å². The Morgan fingerprint density at radius 3 is 2.47 bits per heavy atom. The normalized spacial score (nSPS) is 10.9. The number of nitrogens with one attached hydrogen (secondary N) is 1. The first kappa shape index (κ1) is 21.3. The van der Waals surface area contributed by atoms with Crippen molar-refractivity contribution >= 4 is 68.7 Å². The van der Waals surface area contributed by atoms with Crippen molar-refractivity contribution in [2.24, 2.45) is 0 Å². The lowest BCUT2D eigenvalue weighted by atomic mass is 10.1. The smallest absolute Gasteiger partial charge is 0.236 e. The van der Waals surface area contributed by atoms with Gasteiger partial charge < -0.3 is 5.32 Å². The number of carbonyl (C=O) groups excluding carboxylic acids is 1. The monoisotopic (exact) mass is 491 g/mol. The number of nitrogens with zero attached hydrogens (tertiary/aromatic N) is 2. The second-order valence-electron chi connectivity index (χ2n) is 6.28. The molecule has 0 fully saturated rings. The molecule has 9 heteroatoms. The molecule has 0 aliphatic carbocycles. The number of thiazole rings is 2. The summed E-state index contributed by atoms with van der Waals surface area (Å²) < 4.78 is 0.845. The standard InChI is InChI=1S/C21H15Cl2N3OS3/c22-15-5-1-13(2-6-15)9-17-10-24-20(30-17)26-19(27)12-29-21-25-18(11-28-21)14-3-7-16(23)8-4-14/h1-8,10-11H,9,12H2,(H,24,26,27). The number of aromatic nitrogens is 2. The molecule has 4 nitrogen and oxygen atoms in total. The van der Waals surface area contributed by atoms with E-state index in [-0.39, 0.29) is 11.7 Å². The highest BCUT2D eigenvalue weighted by molar-refractivity contribution is 8.01. The van der Waals surface area contributed by atoms with E-state index in [9.17, 15) is 4.79 Å². The van der Waals surface area contributed by atoms with Gasteiger partial charge in [-0.15, -0.1) is 22.7 Å². The third-order valence-electron chi connectivity index (χ3n) is 4.04. The number of halogens is 2. The third kappa shape index (κ3) is 5.83. The van der Waals surface area contributed by atoms with Crippen molar-refractivity contribution in [1.82, 2.24) is 9.97 Å². The minimum atomic E-state index is -0.101. The van der Waals surface area contributed by atoms with Crippen molar-refractivity contribution in [3.63, 3.8) is 0 Å². The van der Waals surface area contributed by atoms with Crippen LogP contribution in [0.4, 0.5) is 5.13 Å². The fraction of sp³-hybridized carbons (Fsp3) is 0.0952. The van der Waals surface area contributed by atoms with Gasteiger partial charge >= 0.3 is 0 Å². The second kappa shape index (κ2) is 9.94. The molecule has 1 amide bonds. The summed E-state index contributed by atoms with van der Waals surface area (Å²) in [5.41, 5.74) is 3.03. The van der Waals surface area contributed by atoms with Gasteiger partial charge in [-0.25, -0.2) is 9.97 Å². The molecular weight excluding hydrogens is 477 g/mol. The summed E-state index contributed by atoms with van der Waals surface area (Å²) in [7, 11) is 0. The topological polar surface area (TPSA) is 54.9 Å². The van der Waals surface area contributed by atoms with Gasteiger partial charge in [-0.1, -0.05) is 59.2 Å². The number of benzene rings is 2. The number of carbonyl (C=O) groups is 1. The van der Waals surface area contributed by atoms with E-state index in [2.05, 4.69) is 15.3 Å². The zero-order valence-electron chi connectivity index (χ0n) is 15.5. The summed E-state index contributed by atoms with van der Waals surface area (Å²) in [6, 6.07) is 15.3. The van der Waals surface area contributed by atoms with Crippen molar-refractivity contribution in [1.29, 1.82) is 0 Å². The molecule has 0 radical (unpaired) electrons. The molecule has 0 aliphatic rings. The van der Waals surface area contributed by atoms with E-state index in [1.165, 1.54) is 34.4 Å². The molecule has 2 aromatic heterocycles. The van der Waals surface area contributed by atoms with Crippen molar-refractivity contribution < 1.29 is 4.79 Å². The third-order valence-corrected chi connectivity index (χ3v) is 7.48. The lowest BCUT2D eigenvalue weighted by molar-refractivity contribution is -0.113. The van der Waals surface area contributed by atoms with Crippen LogP contribution in [0, 0.1) is 0 Å². The molecule has 0 atom stereocenters. The van der Waals surface area contributed by atoms with Gasteiger partial charge in [-0.2, -0.15) is 0 Å². The van der Waals surface area contributed by atoms with E-state index >= 15 is 0 Å². The first-order valence-corrected chi connectivity index (χ1v) is 12.3. The largest absolute Gasteiger partial charge is 0.301 e. The van der Waals surface area contributed by atoms with Crippen molar-refractivity contribution in [2.45, 2.75) is 10.8 Å². The molecule has 152 valence electrons. The number of rotatable bonds is 7. The second-order valence-corrected chi connectivity index (χ2v) is 10.3. The minimum Gasteiger partial charge on any atom is -0.301 e. The fourth-order valence-corrected chi connectivity index (χ4v) is 5.36. The lowest BCUT2D eigenvalue weighted by Crippen LogP contribution is -2.13. The molecule has 0 unspecified atom stereocenters. The number of thioether (sulfide) groups is 1. The molecule has 0 bridgehead atoms. The van der Waals surface area contributed by atoms with E-state index in [0.29, 0.717) is 15.2 Å². The van der Waals surface area contributed by atoms with Crippen molar-refractivity contribution in [2.75, 3.05) is 11.1 Å². The van der Waals surface area contributed by atoms with E-state index in [4.69, 9.17) is 23.2 Å². The van der Waals surface area contributed by atoms with Gasteiger partial charge in [0.25, 0.3) is 0 Å². The van der Waals surface area contributed by atoms with Crippen LogP contribution in [0.5, 0.6) is 0 Å². The highest BCUT2D eigenvalue weighted by atomic mass is 35.5. The highest BCUT2D eigenvalue weighted by Gasteiger charge is 2.11. The summed E-state index contributed by atoms with van der Waals surface area (Å²) in [5, 5.41) is 6.85. The average Bonchev–Trinajstić information content (AvgIpc) is 3.38. The Balaban J connectivity index is 1.28. The molecule has 2 heterocycles. The van der Waals surface area contributed by atoms with Crippen LogP contribution < -0.4 is 5.32 Å². The molecule has 4 aromatic rings. The molecule has 1 N–H and O–H groups in total. The Labute approximate surface area is 196 Å². The predicted octanol–water partition coefficient (Wildman–Crippen LogP) is 6.90. The first-order valence-electron chi connectivity index (χ1n) is 8.88. The fourth-order valence-electron chi connectivity index (χ4n) is 2.61. The molecule has 0 aliphatic heterocycles. The quantitative estimate of drug-likeness (QED) is 0.285. The van der Waals surface area contributed by atoms with Crippen LogP contribution in [0.1, 0.15) is 10.4 Å². The zero-order chi connectivity index (χ0) is 20.9. The lowest BCUT2D eigenvalue weighted by Gasteiger charge is -2.00. The van der Waals surface area contributed by atoms with Crippen LogP contribution in [0.25, 0.3) is 11.3 Å². The van der Waals surface area contributed by atoms with Crippen LogP contribution in [0.15, 0.2) is 64.4 Å². The van der Waals surface area contributed by atoms with Crippen LogP contribution in [0.2, 0.25) is 10.0 Å². The molecule has 0 saturated heterocycles. The van der Waals surface area contributed by atoms with E-state index in [1.54, 1.807) is 6.20 Å². The van der Waals surface area contributed by atoms with Gasteiger partial charge in [-0.05, 0) is 29.8 Å². The Morgan fingerprint density at radius 2 is 1.73 bits per heavy atom. The Kier molecular flexibility index (Phi) is 7.07. The summed E-state index contributed by atoms with van der Waals surface area (Å²) in [4.78, 5) is 22.2. The van der Waals surface area contributed by atoms with Crippen molar-refractivity contribution in [3.8, 4) is 11.3 Å². The van der Waals surface area contributed by atoms with Gasteiger partial charge in [0.15, 0.2) is 9.47 Å². The van der Waals surface area contributed by atoms with Gasteiger partial charge in [0.2, 0.25) is 5.91 Å². The number of hydrogen-bond acceptors (Lipinski definition) is 6. The zero-order valence-corrected chi connectivity index (χ0v) is 19.4. The van der Waals surface area contributed by atoms with E-state index in [1.807, 2.05) is 53.9 Å². The molecule has 2 aromatic carbocycles. The maximum atomic E-state index is 12.3. The van der Waals surface area contributed by atoms with Gasteiger partial charge in [0.1, 0.15) is 0 Å². The average molecular weight is 492 g/mol. The van der Waals surface area contributed by atoms with Crippen LogP contribution in [-0.4, -0.2) is 21.6 Å². The summed E-state index contributed by atoms with van der Waals surface area (Å²) in [6.45, 7) is 0. The summed E-state index contributed by atoms with van der Waals surface area (Å²) >= 11 is 16.3. The van der Waals surface area contributed by atoms with Crippen LogP contribution in [0.3, 0.4) is 0 Å². The highest BCUT2D eigenvalue weighted by Crippen LogP contribution is 2.29. The first-order chi connectivity index (χ1) is 14.5. The van der Waals surface area contributed by atoms with Gasteiger partial charge in [0.05, 0.1) is 11.4 Å². The molecule has 0 saturated carbocycles. The minimum absolute atomic E-state index is 0.101. The van der Waals surface area contributed by atoms with Gasteiger partial charge in [-0.3, -0.25) is 4.79 Å². The predicted molar refractivity (Wildman–Crippen MR) is 128 cm³/mol. The number of amides is 1. The number of hydrogen-bond donors (Lipinski definition) is 1.